The average Bonchev–Trinajstić information content (AvgIpc) is 3.01. The first-order valence-electron chi connectivity index (χ1n) is 8.37. The number of allylic oxidation sites excluding steroid dienone is 2. The average molecular weight is 416 g/mol. The second-order valence-corrected chi connectivity index (χ2v) is 10.6. The van der Waals surface area contributed by atoms with Crippen molar-refractivity contribution >= 4 is 12.2 Å². The summed E-state index contributed by atoms with van der Waals surface area (Å²) < 4.78 is 1.46. The standard InChI is InChI=1S/2C11H11.2FH.Zr/c2*1-8-6-10-5-3-4-9(2)11(10)7-8;;;/h2*3-7H,1-2H3;2*1H;/q;;;;+2/p-2. The van der Waals surface area contributed by atoms with Crippen molar-refractivity contribution in [2.24, 2.45) is 0 Å². The van der Waals surface area contributed by atoms with E-state index in [1.165, 1.54) is 22.3 Å². The maximum absolute atomic E-state index is 2.45. The fraction of sp³-hybridized carbons (Fsp3) is 0.273. The van der Waals surface area contributed by atoms with Gasteiger partial charge in [-0.05, 0) is 0 Å². The van der Waals surface area contributed by atoms with Gasteiger partial charge in [0.25, 0.3) is 0 Å². The zero-order valence-electron chi connectivity index (χ0n) is 15.0. The van der Waals surface area contributed by atoms with Crippen molar-refractivity contribution in [3.63, 3.8) is 0 Å². The van der Waals surface area contributed by atoms with Crippen molar-refractivity contribution in [1.29, 1.82) is 0 Å². The molecule has 2 aromatic carbocycles. The largest absolute Gasteiger partial charge is 1.00 e. The number of hydrogen-bond acceptors (Lipinski definition) is 0. The molecule has 0 amide bonds. The Morgan fingerprint density at radius 1 is 0.640 bits per heavy atom. The molecule has 128 valence electrons. The normalized spacial score (nSPS) is 19.7. The molecule has 4 rings (SSSR count). The molecule has 0 saturated carbocycles. The van der Waals surface area contributed by atoms with Gasteiger partial charge in [-0.25, -0.2) is 0 Å². The van der Waals surface area contributed by atoms with Gasteiger partial charge in [0.2, 0.25) is 0 Å². The third-order valence-corrected chi connectivity index (χ3v) is 10.7. The summed E-state index contributed by atoms with van der Waals surface area (Å²) in [5.41, 5.74) is 12.2. The SMILES string of the molecule is CC1=Cc2c(C)cccc2[CH]1[Zr+2][CH]1C(C)=Cc2c(C)cccc21.[F-].[F-]. The van der Waals surface area contributed by atoms with E-state index in [-0.39, 0.29) is 9.41 Å². The minimum Gasteiger partial charge on any atom is -1.00 e. The van der Waals surface area contributed by atoms with Crippen LogP contribution in [0.3, 0.4) is 0 Å². The molecule has 0 aliphatic heterocycles. The van der Waals surface area contributed by atoms with Gasteiger partial charge >= 0.3 is 151 Å². The van der Waals surface area contributed by atoms with Gasteiger partial charge in [0.05, 0.1) is 0 Å². The number of hydrogen-bond donors (Lipinski definition) is 0. The van der Waals surface area contributed by atoms with Crippen LogP contribution in [0.25, 0.3) is 12.2 Å². The molecule has 3 heteroatoms. The Morgan fingerprint density at radius 3 is 1.44 bits per heavy atom. The second kappa shape index (κ2) is 7.50. The zero-order valence-corrected chi connectivity index (χ0v) is 17.5. The summed E-state index contributed by atoms with van der Waals surface area (Å²) in [6, 6.07) is 13.7. The van der Waals surface area contributed by atoms with Gasteiger partial charge < -0.3 is 9.41 Å². The van der Waals surface area contributed by atoms with E-state index in [4.69, 9.17) is 0 Å². The first kappa shape index (κ1) is 20.0. The van der Waals surface area contributed by atoms with Gasteiger partial charge in [-0.1, -0.05) is 0 Å². The Bertz CT molecular complexity index is 793. The van der Waals surface area contributed by atoms with Crippen molar-refractivity contribution in [1.82, 2.24) is 0 Å². The van der Waals surface area contributed by atoms with E-state index < -0.39 is 23.2 Å². The first-order valence-corrected chi connectivity index (χ1v) is 11.2. The molecule has 0 saturated heterocycles. The van der Waals surface area contributed by atoms with Gasteiger partial charge in [0.15, 0.2) is 0 Å². The molecular weight excluding hydrogens is 393 g/mol. The maximum atomic E-state index is 2.45. The number of benzene rings is 2. The van der Waals surface area contributed by atoms with E-state index in [0.717, 1.165) is 7.25 Å². The molecule has 2 atom stereocenters. The molecule has 0 heterocycles. The molecule has 0 aromatic heterocycles. The van der Waals surface area contributed by atoms with Crippen LogP contribution in [-0.4, -0.2) is 0 Å². The van der Waals surface area contributed by atoms with Gasteiger partial charge in [-0.2, -0.15) is 0 Å². The topological polar surface area (TPSA) is 0 Å². The molecule has 25 heavy (non-hydrogen) atoms. The van der Waals surface area contributed by atoms with Crippen molar-refractivity contribution in [3.8, 4) is 0 Å². The van der Waals surface area contributed by atoms with E-state index in [1.807, 2.05) is 0 Å². The van der Waals surface area contributed by atoms with Crippen LogP contribution in [0.4, 0.5) is 0 Å². The molecule has 2 aliphatic carbocycles. The Morgan fingerprint density at radius 2 is 1.04 bits per heavy atom. The predicted molar refractivity (Wildman–Crippen MR) is 95.1 cm³/mol. The van der Waals surface area contributed by atoms with E-state index in [1.54, 1.807) is 22.3 Å². The van der Waals surface area contributed by atoms with Crippen LogP contribution in [0.15, 0.2) is 47.5 Å². The third kappa shape index (κ3) is 3.24. The molecular formula is C22H22F2Zr. The van der Waals surface area contributed by atoms with Gasteiger partial charge in [-0.15, -0.1) is 0 Å². The van der Waals surface area contributed by atoms with Crippen molar-refractivity contribution in [3.05, 3.63) is 80.9 Å². The monoisotopic (exact) mass is 414 g/mol. The van der Waals surface area contributed by atoms with Crippen molar-refractivity contribution < 1.29 is 32.6 Å². The summed E-state index contributed by atoms with van der Waals surface area (Å²) in [6.45, 7) is 9.18. The minimum absolute atomic E-state index is 0. The van der Waals surface area contributed by atoms with E-state index in [0.29, 0.717) is 0 Å². The summed E-state index contributed by atoms with van der Waals surface area (Å²) in [5, 5.41) is 0. The molecule has 0 nitrogen and oxygen atoms in total. The molecule has 0 N–H and O–H groups in total. The van der Waals surface area contributed by atoms with Gasteiger partial charge in [0.1, 0.15) is 0 Å². The predicted octanol–water partition coefficient (Wildman–Crippen LogP) is 0.0101. The van der Waals surface area contributed by atoms with Crippen LogP contribution in [-0.2, 0) is 23.2 Å². The fourth-order valence-corrected chi connectivity index (χ4v) is 8.67. The number of fused-ring (bicyclic) bond motifs is 2. The Balaban J connectivity index is 0.00000113. The van der Waals surface area contributed by atoms with Crippen LogP contribution in [0, 0.1) is 13.8 Å². The van der Waals surface area contributed by atoms with Crippen LogP contribution >= 0.6 is 0 Å². The molecule has 2 unspecified atom stereocenters. The molecule has 0 fully saturated rings. The van der Waals surface area contributed by atoms with Gasteiger partial charge in [0, 0.05) is 0 Å². The molecule has 2 aromatic rings. The number of halogens is 2. The number of rotatable bonds is 2. The van der Waals surface area contributed by atoms with Crippen molar-refractivity contribution in [2.45, 2.75) is 34.9 Å². The maximum Gasteiger partial charge on any atom is -1.00 e. The van der Waals surface area contributed by atoms with E-state index in [2.05, 4.69) is 76.2 Å². The van der Waals surface area contributed by atoms with Crippen molar-refractivity contribution in [2.75, 3.05) is 0 Å². The van der Waals surface area contributed by atoms with Crippen LogP contribution in [0.2, 0.25) is 0 Å². The second-order valence-electron chi connectivity index (χ2n) is 6.97. The number of aryl methyl sites for hydroxylation is 2. The van der Waals surface area contributed by atoms with Crippen LogP contribution in [0.1, 0.15) is 54.5 Å². The van der Waals surface area contributed by atoms with Gasteiger partial charge in [-0.3, -0.25) is 0 Å². The molecule has 0 spiro atoms. The first-order chi connectivity index (χ1) is 11.1. The quantitative estimate of drug-likeness (QED) is 0.648. The molecule has 0 radical (unpaired) electrons. The Labute approximate surface area is 160 Å². The summed E-state index contributed by atoms with van der Waals surface area (Å²) >= 11 is -0.655. The third-order valence-electron chi connectivity index (χ3n) is 5.33. The summed E-state index contributed by atoms with van der Waals surface area (Å²) in [5.74, 6) is 0. The summed E-state index contributed by atoms with van der Waals surface area (Å²) in [7, 11) is 0. The van der Waals surface area contributed by atoms with E-state index >= 15 is 0 Å². The summed E-state index contributed by atoms with van der Waals surface area (Å²) in [6.07, 6.45) is 4.89. The smallest absolute Gasteiger partial charge is 1.00 e. The minimum atomic E-state index is -0.655. The van der Waals surface area contributed by atoms with Crippen LogP contribution in [0.5, 0.6) is 0 Å². The Kier molecular flexibility index (Phi) is 5.99. The molecule has 0 bridgehead atoms. The fourth-order valence-electron chi connectivity index (χ4n) is 4.03. The summed E-state index contributed by atoms with van der Waals surface area (Å²) in [4.78, 5) is 0. The van der Waals surface area contributed by atoms with Crippen LogP contribution < -0.4 is 9.41 Å². The Hall–Kier alpha value is -1.34. The molecule has 2 aliphatic rings. The zero-order chi connectivity index (χ0) is 16.1. The van der Waals surface area contributed by atoms with E-state index in [9.17, 15) is 0 Å².